The molecule has 1 aromatic carbocycles. The molecule has 0 saturated carbocycles. The molecule has 0 aliphatic carbocycles. The maximum absolute atomic E-state index is 12.9. The van der Waals surface area contributed by atoms with Crippen LogP contribution in [-0.4, -0.2) is 24.7 Å². The Balaban J connectivity index is 2.86. The number of rotatable bonds is 12. The lowest BCUT2D eigenvalue weighted by atomic mass is 9.96. The second-order valence-electron chi connectivity index (χ2n) is 7.22. The summed E-state index contributed by atoms with van der Waals surface area (Å²) < 4.78 is 11.7. The van der Waals surface area contributed by atoms with Gasteiger partial charge in [0.25, 0.3) is 5.91 Å². The summed E-state index contributed by atoms with van der Waals surface area (Å²) >= 11 is 0. The summed E-state index contributed by atoms with van der Waals surface area (Å²) in [5, 5.41) is 3.05. The van der Waals surface area contributed by atoms with Crippen molar-refractivity contribution in [2.45, 2.75) is 85.7 Å². The standard InChI is InChI=1S/C22H37NO3/c1-7-10-12-13-22(6,26-9-3)21(24)23-19-15-17(4)20(18(5)16-19)25-14-11-8-2/h15-16H,7-14H2,1-6H3,(H,23,24)/t22-/m0/s1. The summed E-state index contributed by atoms with van der Waals surface area (Å²) in [6.07, 6.45) is 6.11. The summed E-state index contributed by atoms with van der Waals surface area (Å²) in [5.74, 6) is 0.848. The molecule has 0 bridgehead atoms. The number of carbonyl (C=O) groups excluding carboxylic acids is 1. The van der Waals surface area contributed by atoms with Crippen molar-refractivity contribution in [3.05, 3.63) is 23.3 Å². The van der Waals surface area contributed by atoms with Gasteiger partial charge in [0.2, 0.25) is 0 Å². The number of unbranched alkanes of at least 4 members (excludes halogenated alkanes) is 3. The van der Waals surface area contributed by atoms with Gasteiger partial charge in [0.05, 0.1) is 6.61 Å². The molecule has 1 atom stereocenters. The monoisotopic (exact) mass is 363 g/mol. The van der Waals surface area contributed by atoms with Gasteiger partial charge < -0.3 is 14.8 Å². The number of amides is 1. The Bertz CT molecular complexity index is 548. The number of ether oxygens (including phenoxy) is 2. The van der Waals surface area contributed by atoms with Crippen LogP contribution in [0, 0.1) is 13.8 Å². The lowest BCUT2D eigenvalue weighted by molar-refractivity contribution is -0.139. The third-order valence-electron chi connectivity index (χ3n) is 4.66. The van der Waals surface area contributed by atoms with Crippen molar-refractivity contribution in [3.8, 4) is 5.75 Å². The Labute approximate surface area is 159 Å². The first-order valence-corrected chi connectivity index (χ1v) is 10.1. The predicted octanol–water partition coefficient (Wildman–Crippen LogP) is 5.80. The first-order valence-electron chi connectivity index (χ1n) is 10.1. The molecule has 0 aromatic heterocycles. The van der Waals surface area contributed by atoms with Gasteiger partial charge in [0.15, 0.2) is 0 Å². The maximum Gasteiger partial charge on any atom is 0.256 e. The number of aryl methyl sites for hydroxylation is 2. The van der Waals surface area contributed by atoms with E-state index < -0.39 is 5.60 Å². The van der Waals surface area contributed by atoms with Gasteiger partial charge in [-0.3, -0.25) is 4.79 Å². The summed E-state index contributed by atoms with van der Waals surface area (Å²) in [6, 6.07) is 3.95. The fourth-order valence-electron chi connectivity index (χ4n) is 3.11. The van der Waals surface area contributed by atoms with Crippen molar-refractivity contribution in [2.75, 3.05) is 18.5 Å². The highest BCUT2D eigenvalue weighted by Gasteiger charge is 2.33. The van der Waals surface area contributed by atoms with E-state index in [0.717, 1.165) is 67.7 Å². The molecular weight excluding hydrogens is 326 g/mol. The minimum atomic E-state index is -0.790. The molecule has 0 fully saturated rings. The molecule has 4 heteroatoms. The van der Waals surface area contributed by atoms with Crippen LogP contribution >= 0.6 is 0 Å². The van der Waals surface area contributed by atoms with E-state index >= 15 is 0 Å². The quantitative estimate of drug-likeness (QED) is 0.478. The molecule has 1 N–H and O–H groups in total. The Morgan fingerprint density at radius 2 is 1.65 bits per heavy atom. The smallest absolute Gasteiger partial charge is 0.256 e. The van der Waals surface area contributed by atoms with Crippen molar-refractivity contribution in [2.24, 2.45) is 0 Å². The summed E-state index contributed by atoms with van der Waals surface area (Å²) in [7, 11) is 0. The van der Waals surface area contributed by atoms with Crippen molar-refractivity contribution in [1.29, 1.82) is 0 Å². The van der Waals surface area contributed by atoms with Crippen molar-refractivity contribution in [1.82, 2.24) is 0 Å². The van der Waals surface area contributed by atoms with Crippen LogP contribution in [0.1, 0.15) is 77.3 Å². The number of benzene rings is 1. The van der Waals surface area contributed by atoms with E-state index in [1.54, 1.807) is 0 Å². The Morgan fingerprint density at radius 3 is 2.19 bits per heavy atom. The van der Waals surface area contributed by atoms with Gasteiger partial charge in [-0.2, -0.15) is 0 Å². The molecule has 0 aliphatic heterocycles. The second-order valence-corrected chi connectivity index (χ2v) is 7.22. The van der Waals surface area contributed by atoms with E-state index in [2.05, 4.69) is 19.2 Å². The van der Waals surface area contributed by atoms with E-state index in [1.807, 2.05) is 39.8 Å². The Hall–Kier alpha value is -1.55. The number of hydrogen-bond donors (Lipinski definition) is 1. The predicted molar refractivity (Wildman–Crippen MR) is 109 cm³/mol. The lowest BCUT2D eigenvalue weighted by Crippen LogP contribution is -2.42. The van der Waals surface area contributed by atoms with E-state index in [-0.39, 0.29) is 5.91 Å². The summed E-state index contributed by atoms with van der Waals surface area (Å²) in [6.45, 7) is 13.4. The summed E-state index contributed by atoms with van der Waals surface area (Å²) in [5.41, 5.74) is 2.09. The highest BCUT2D eigenvalue weighted by atomic mass is 16.5. The first kappa shape index (κ1) is 22.5. The van der Waals surface area contributed by atoms with Gasteiger partial charge in [0.1, 0.15) is 11.4 Å². The van der Waals surface area contributed by atoms with Crippen LogP contribution in [0.5, 0.6) is 5.75 Å². The molecule has 148 valence electrons. The molecule has 1 amide bonds. The van der Waals surface area contributed by atoms with Crippen molar-refractivity contribution in [3.63, 3.8) is 0 Å². The largest absolute Gasteiger partial charge is 0.493 e. The minimum Gasteiger partial charge on any atom is -0.493 e. The van der Waals surface area contributed by atoms with Gasteiger partial charge >= 0.3 is 0 Å². The fourth-order valence-corrected chi connectivity index (χ4v) is 3.11. The molecule has 0 heterocycles. The maximum atomic E-state index is 12.9. The molecule has 0 radical (unpaired) electrons. The molecule has 26 heavy (non-hydrogen) atoms. The third kappa shape index (κ3) is 6.64. The van der Waals surface area contributed by atoms with Crippen LogP contribution in [0.25, 0.3) is 0 Å². The molecular formula is C22H37NO3. The zero-order valence-electron chi connectivity index (χ0n) is 17.5. The number of anilines is 1. The number of hydrogen-bond acceptors (Lipinski definition) is 3. The molecule has 1 rings (SSSR count). The second kappa shape index (κ2) is 11.2. The van der Waals surface area contributed by atoms with Gasteiger partial charge in [-0.25, -0.2) is 0 Å². The van der Waals surface area contributed by atoms with Crippen molar-refractivity contribution < 1.29 is 14.3 Å². The van der Waals surface area contributed by atoms with Crippen LogP contribution in [0.4, 0.5) is 5.69 Å². The van der Waals surface area contributed by atoms with Gasteiger partial charge in [-0.1, -0.05) is 39.5 Å². The third-order valence-corrected chi connectivity index (χ3v) is 4.66. The zero-order valence-corrected chi connectivity index (χ0v) is 17.5. The van der Waals surface area contributed by atoms with Crippen LogP contribution in [-0.2, 0) is 9.53 Å². The molecule has 1 aromatic rings. The topological polar surface area (TPSA) is 47.6 Å². The lowest BCUT2D eigenvalue weighted by Gasteiger charge is -2.28. The molecule has 0 spiro atoms. The minimum absolute atomic E-state index is 0.0751. The molecule has 0 saturated heterocycles. The zero-order chi connectivity index (χ0) is 19.6. The summed E-state index contributed by atoms with van der Waals surface area (Å²) in [4.78, 5) is 12.9. The molecule has 0 unspecified atom stereocenters. The van der Waals surface area contributed by atoms with Crippen LogP contribution < -0.4 is 10.1 Å². The van der Waals surface area contributed by atoms with E-state index in [9.17, 15) is 4.79 Å². The SMILES string of the molecule is CCCCC[C@](C)(OCC)C(=O)Nc1cc(C)c(OCCCC)c(C)c1. The average molecular weight is 364 g/mol. The van der Waals surface area contributed by atoms with Gasteiger partial charge in [-0.15, -0.1) is 0 Å². The first-order chi connectivity index (χ1) is 12.4. The van der Waals surface area contributed by atoms with Gasteiger partial charge in [0, 0.05) is 12.3 Å². The number of nitrogens with one attached hydrogen (secondary N) is 1. The van der Waals surface area contributed by atoms with E-state index in [0.29, 0.717) is 6.61 Å². The fraction of sp³-hybridized carbons (Fsp3) is 0.682. The Kier molecular flexibility index (Phi) is 9.71. The Morgan fingerprint density at radius 1 is 1.04 bits per heavy atom. The van der Waals surface area contributed by atoms with Gasteiger partial charge in [-0.05, 0) is 63.8 Å². The van der Waals surface area contributed by atoms with Crippen LogP contribution in [0.2, 0.25) is 0 Å². The highest BCUT2D eigenvalue weighted by molar-refractivity contribution is 5.97. The van der Waals surface area contributed by atoms with Crippen LogP contribution in [0.3, 0.4) is 0 Å². The molecule has 0 aliphatic rings. The van der Waals surface area contributed by atoms with E-state index in [4.69, 9.17) is 9.47 Å². The van der Waals surface area contributed by atoms with Crippen molar-refractivity contribution >= 4 is 11.6 Å². The van der Waals surface area contributed by atoms with E-state index in [1.165, 1.54) is 0 Å². The normalized spacial score (nSPS) is 13.3. The number of carbonyl (C=O) groups is 1. The van der Waals surface area contributed by atoms with Crippen LogP contribution in [0.15, 0.2) is 12.1 Å². The average Bonchev–Trinajstić information content (AvgIpc) is 2.58. The highest BCUT2D eigenvalue weighted by Crippen LogP contribution is 2.29. The molecule has 4 nitrogen and oxygen atoms in total.